The summed E-state index contributed by atoms with van der Waals surface area (Å²) in [6.45, 7) is 0. The molecule has 2 amide bonds. The molecule has 0 heterocycles. The van der Waals surface area contributed by atoms with E-state index in [2.05, 4.69) is 38.4 Å². The third kappa shape index (κ3) is 5.82. The van der Waals surface area contributed by atoms with E-state index in [0.717, 1.165) is 3.57 Å². The van der Waals surface area contributed by atoms with E-state index < -0.39 is 17.6 Å². The first-order chi connectivity index (χ1) is 15.4. The Morgan fingerprint density at radius 1 is 0.969 bits per heavy atom. The molecule has 7 nitrogen and oxygen atoms in total. The molecule has 0 saturated carbocycles. The van der Waals surface area contributed by atoms with Crippen LogP contribution in [0.2, 0.25) is 0 Å². The van der Waals surface area contributed by atoms with Gasteiger partial charge in [-0.05, 0) is 76.7 Å². The van der Waals surface area contributed by atoms with Crippen LogP contribution in [-0.4, -0.2) is 32.2 Å². The van der Waals surface area contributed by atoms with Gasteiger partial charge in [-0.25, -0.2) is 9.82 Å². The first-order valence-corrected chi connectivity index (χ1v) is 10.4. The minimum Gasteiger partial charge on any atom is -0.493 e. The highest BCUT2D eigenvalue weighted by Crippen LogP contribution is 2.28. The minimum atomic E-state index is -0.529. The molecular formula is C23H19FIN3O4. The molecule has 0 saturated heterocycles. The smallest absolute Gasteiger partial charge is 0.273 e. The normalized spacial score (nSPS) is 10.6. The van der Waals surface area contributed by atoms with Crippen molar-refractivity contribution in [3.63, 3.8) is 0 Å². The van der Waals surface area contributed by atoms with Gasteiger partial charge >= 0.3 is 0 Å². The Morgan fingerprint density at radius 2 is 1.75 bits per heavy atom. The summed E-state index contributed by atoms with van der Waals surface area (Å²) in [7, 11) is 2.98. The zero-order valence-corrected chi connectivity index (χ0v) is 19.3. The molecule has 0 aliphatic rings. The SMILES string of the molecule is COc1ccc(C(=O)Nc2ccc(I)cc2C(=O)NN=Cc2cccc(F)c2)cc1OC. The number of carbonyl (C=O) groups excluding carboxylic acids is 2. The number of nitrogens with zero attached hydrogens (tertiary/aromatic N) is 1. The molecule has 0 spiro atoms. The summed E-state index contributed by atoms with van der Waals surface area (Å²) in [5.74, 6) is -0.455. The summed E-state index contributed by atoms with van der Waals surface area (Å²) >= 11 is 2.07. The third-order valence-electron chi connectivity index (χ3n) is 4.35. The lowest BCUT2D eigenvalue weighted by Gasteiger charge is -2.12. The monoisotopic (exact) mass is 547 g/mol. The number of anilines is 1. The zero-order chi connectivity index (χ0) is 23.1. The van der Waals surface area contributed by atoms with E-state index in [1.54, 1.807) is 48.5 Å². The van der Waals surface area contributed by atoms with Crippen LogP contribution in [0.25, 0.3) is 0 Å². The summed E-state index contributed by atoms with van der Waals surface area (Å²) in [6, 6.07) is 15.6. The Morgan fingerprint density at radius 3 is 2.47 bits per heavy atom. The maximum Gasteiger partial charge on any atom is 0.273 e. The second-order valence-corrected chi connectivity index (χ2v) is 7.71. The number of hydrogen-bond donors (Lipinski definition) is 2. The van der Waals surface area contributed by atoms with Gasteiger partial charge < -0.3 is 14.8 Å². The van der Waals surface area contributed by atoms with Crippen molar-refractivity contribution in [1.29, 1.82) is 0 Å². The fourth-order valence-corrected chi connectivity index (χ4v) is 3.29. The lowest BCUT2D eigenvalue weighted by Crippen LogP contribution is -2.21. The third-order valence-corrected chi connectivity index (χ3v) is 5.02. The Labute approximate surface area is 197 Å². The van der Waals surface area contributed by atoms with Gasteiger partial charge in [-0.1, -0.05) is 12.1 Å². The van der Waals surface area contributed by atoms with E-state index in [-0.39, 0.29) is 5.56 Å². The maximum atomic E-state index is 13.3. The molecule has 164 valence electrons. The van der Waals surface area contributed by atoms with Crippen LogP contribution in [-0.2, 0) is 0 Å². The van der Waals surface area contributed by atoms with Crippen LogP contribution in [0.15, 0.2) is 65.8 Å². The van der Waals surface area contributed by atoms with Gasteiger partial charge in [0.05, 0.1) is 31.7 Å². The van der Waals surface area contributed by atoms with Crippen molar-refractivity contribution in [2.75, 3.05) is 19.5 Å². The van der Waals surface area contributed by atoms with Crippen molar-refractivity contribution in [3.05, 3.63) is 86.7 Å². The summed E-state index contributed by atoms with van der Waals surface area (Å²) in [4.78, 5) is 25.5. The van der Waals surface area contributed by atoms with Crippen LogP contribution in [0.1, 0.15) is 26.3 Å². The second-order valence-electron chi connectivity index (χ2n) is 6.47. The molecule has 0 fully saturated rings. The standard InChI is InChI=1S/C23H19FIN3O4/c1-31-20-9-6-15(11-21(20)32-2)22(29)27-19-8-7-17(25)12-18(19)23(30)28-26-13-14-4-3-5-16(24)10-14/h3-13H,1-2H3,(H,27,29)(H,28,30). The van der Waals surface area contributed by atoms with Crippen LogP contribution in [0.3, 0.4) is 0 Å². The predicted molar refractivity (Wildman–Crippen MR) is 128 cm³/mol. The molecule has 2 N–H and O–H groups in total. The summed E-state index contributed by atoms with van der Waals surface area (Å²) in [6.07, 6.45) is 1.33. The maximum absolute atomic E-state index is 13.3. The highest BCUT2D eigenvalue weighted by atomic mass is 127. The second kappa shape index (κ2) is 10.7. The lowest BCUT2D eigenvalue weighted by atomic mass is 10.1. The largest absolute Gasteiger partial charge is 0.493 e. The highest BCUT2D eigenvalue weighted by Gasteiger charge is 2.16. The molecule has 0 aromatic heterocycles. The van der Waals surface area contributed by atoms with Gasteiger partial charge in [0.1, 0.15) is 5.82 Å². The summed E-state index contributed by atoms with van der Waals surface area (Å²) in [5, 5.41) is 6.61. The van der Waals surface area contributed by atoms with E-state index in [0.29, 0.717) is 28.3 Å². The summed E-state index contributed by atoms with van der Waals surface area (Å²) in [5.41, 5.74) is 3.76. The van der Waals surface area contributed by atoms with Crippen molar-refractivity contribution >= 4 is 46.3 Å². The minimum absolute atomic E-state index is 0.224. The van der Waals surface area contributed by atoms with Crippen LogP contribution in [0.5, 0.6) is 11.5 Å². The van der Waals surface area contributed by atoms with Crippen LogP contribution < -0.4 is 20.2 Å². The van der Waals surface area contributed by atoms with E-state index in [1.807, 2.05) is 0 Å². The van der Waals surface area contributed by atoms with Crippen molar-refractivity contribution in [1.82, 2.24) is 5.43 Å². The Hall–Kier alpha value is -3.47. The molecule has 3 rings (SSSR count). The number of hydrogen-bond acceptors (Lipinski definition) is 5. The summed E-state index contributed by atoms with van der Waals surface area (Å²) < 4.78 is 24.5. The molecule has 32 heavy (non-hydrogen) atoms. The van der Waals surface area contributed by atoms with E-state index in [4.69, 9.17) is 9.47 Å². The first kappa shape index (κ1) is 23.2. The Balaban J connectivity index is 1.78. The number of hydrazone groups is 1. The van der Waals surface area contributed by atoms with Crippen molar-refractivity contribution in [2.24, 2.45) is 5.10 Å². The number of halogens is 2. The first-order valence-electron chi connectivity index (χ1n) is 9.33. The molecule has 0 bridgehead atoms. The van der Waals surface area contributed by atoms with Crippen molar-refractivity contribution in [2.45, 2.75) is 0 Å². The Kier molecular flexibility index (Phi) is 7.77. The number of carbonyl (C=O) groups is 2. The number of ether oxygens (including phenoxy) is 2. The molecular weight excluding hydrogens is 528 g/mol. The molecule has 0 aliphatic carbocycles. The fraction of sp³-hybridized carbons (Fsp3) is 0.0870. The predicted octanol–water partition coefficient (Wildman–Crippen LogP) is 4.46. The molecule has 0 aliphatic heterocycles. The number of amides is 2. The Bertz CT molecular complexity index is 1180. The number of methoxy groups -OCH3 is 2. The highest BCUT2D eigenvalue weighted by molar-refractivity contribution is 14.1. The fourth-order valence-electron chi connectivity index (χ4n) is 2.80. The van der Waals surface area contributed by atoms with E-state index in [9.17, 15) is 14.0 Å². The van der Waals surface area contributed by atoms with Crippen molar-refractivity contribution < 1.29 is 23.5 Å². The molecule has 3 aromatic carbocycles. The van der Waals surface area contributed by atoms with Gasteiger partial charge in [-0.2, -0.15) is 5.10 Å². The van der Waals surface area contributed by atoms with Crippen LogP contribution in [0, 0.1) is 9.39 Å². The number of nitrogens with one attached hydrogen (secondary N) is 2. The van der Waals surface area contributed by atoms with Gasteiger partial charge in [-0.3, -0.25) is 9.59 Å². The zero-order valence-electron chi connectivity index (χ0n) is 17.2. The number of benzene rings is 3. The average molecular weight is 547 g/mol. The molecule has 0 atom stereocenters. The molecule has 9 heteroatoms. The number of rotatable bonds is 7. The lowest BCUT2D eigenvalue weighted by molar-refractivity contribution is 0.0956. The van der Waals surface area contributed by atoms with Crippen LogP contribution in [0.4, 0.5) is 10.1 Å². The van der Waals surface area contributed by atoms with Crippen molar-refractivity contribution in [3.8, 4) is 11.5 Å². The quantitative estimate of drug-likeness (QED) is 0.260. The molecule has 0 radical (unpaired) electrons. The van der Waals surface area contributed by atoms with Crippen LogP contribution >= 0.6 is 22.6 Å². The topological polar surface area (TPSA) is 89.0 Å². The van der Waals surface area contributed by atoms with Gasteiger partial charge in [0.2, 0.25) is 0 Å². The van der Waals surface area contributed by atoms with Gasteiger partial charge in [0.15, 0.2) is 11.5 Å². The van der Waals surface area contributed by atoms with E-state index >= 15 is 0 Å². The van der Waals surface area contributed by atoms with E-state index in [1.165, 1.54) is 32.6 Å². The molecule has 0 unspecified atom stereocenters. The van der Waals surface area contributed by atoms with Gasteiger partial charge in [0, 0.05) is 9.13 Å². The van der Waals surface area contributed by atoms with Gasteiger partial charge in [-0.15, -0.1) is 0 Å². The van der Waals surface area contributed by atoms with Gasteiger partial charge in [0.25, 0.3) is 11.8 Å². The molecule has 3 aromatic rings. The average Bonchev–Trinajstić information content (AvgIpc) is 2.79.